The van der Waals surface area contributed by atoms with Crippen LogP contribution in [0.4, 0.5) is 0 Å². The van der Waals surface area contributed by atoms with Crippen LogP contribution in [0.2, 0.25) is 0 Å². The van der Waals surface area contributed by atoms with Crippen molar-refractivity contribution in [2.24, 2.45) is 11.7 Å². The average molecular weight is 234 g/mol. The molecule has 0 aliphatic carbocycles. The maximum Gasteiger partial charge on any atom is 0.0258 e. The zero-order chi connectivity index (χ0) is 12.7. The second-order valence-corrected chi connectivity index (χ2v) is 5.06. The summed E-state index contributed by atoms with van der Waals surface area (Å²) in [5.74, 6) is 0.694. The fourth-order valence-corrected chi connectivity index (χ4v) is 2.25. The van der Waals surface area contributed by atoms with Crippen molar-refractivity contribution in [3.63, 3.8) is 0 Å². The number of rotatable bonds is 7. The first-order valence-electron chi connectivity index (χ1n) is 6.65. The van der Waals surface area contributed by atoms with E-state index < -0.39 is 0 Å². The molecule has 0 heterocycles. The van der Waals surface area contributed by atoms with Gasteiger partial charge in [0.05, 0.1) is 0 Å². The van der Waals surface area contributed by atoms with Crippen molar-refractivity contribution in [3.8, 4) is 0 Å². The molecule has 1 atom stereocenters. The zero-order valence-corrected chi connectivity index (χ0v) is 11.4. The largest absolute Gasteiger partial charge is 0.329 e. The van der Waals surface area contributed by atoms with Gasteiger partial charge in [0.25, 0.3) is 0 Å². The summed E-state index contributed by atoms with van der Waals surface area (Å²) in [4.78, 5) is 2.50. The smallest absolute Gasteiger partial charge is 0.0258 e. The van der Waals surface area contributed by atoms with Crippen LogP contribution < -0.4 is 5.73 Å². The van der Waals surface area contributed by atoms with E-state index in [1.54, 1.807) is 0 Å². The Balaban J connectivity index is 2.63. The molecule has 0 aliphatic heterocycles. The summed E-state index contributed by atoms with van der Waals surface area (Å²) in [6.07, 6.45) is 1.05. The third-order valence-corrected chi connectivity index (χ3v) is 3.11. The standard InChI is InChI=1S/C15H26N2/c1-4-17(12-13(2)3)15(11-16)10-14-8-6-5-7-9-14/h5-9,13,15H,4,10-12,16H2,1-3H3. The number of nitrogens with zero attached hydrogens (tertiary/aromatic N) is 1. The SMILES string of the molecule is CCN(CC(C)C)C(CN)Cc1ccccc1. The summed E-state index contributed by atoms with van der Waals surface area (Å²) < 4.78 is 0. The van der Waals surface area contributed by atoms with Gasteiger partial charge in [-0.1, -0.05) is 51.1 Å². The second kappa shape index (κ2) is 7.46. The van der Waals surface area contributed by atoms with E-state index >= 15 is 0 Å². The van der Waals surface area contributed by atoms with Gasteiger partial charge < -0.3 is 5.73 Å². The van der Waals surface area contributed by atoms with Gasteiger partial charge in [-0.25, -0.2) is 0 Å². The number of hydrogen-bond donors (Lipinski definition) is 1. The molecule has 2 N–H and O–H groups in total. The van der Waals surface area contributed by atoms with E-state index in [4.69, 9.17) is 5.73 Å². The molecule has 0 saturated carbocycles. The van der Waals surface area contributed by atoms with Crippen LogP contribution in [-0.4, -0.2) is 30.6 Å². The van der Waals surface area contributed by atoms with Crippen LogP contribution in [0.5, 0.6) is 0 Å². The van der Waals surface area contributed by atoms with Gasteiger partial charge in [-0.2, -0.15) is 0 Å². The molecule has 1 aromatic rings. The van der Waals surface area contributed by atoms with Gasteiger partial charge in [-0.05, 0) is 24.4 Å². The summed E-state index contributed by atoms with van der Waals surface area (Å²) in [5.41, 5.74) is 7.31. The number of nitrogens with two attached hydrogens (primary N) is 1. The van der Waals surface area contributed by atoms with Gasteiger partial charge in [0.1, 0.15) is 0 Å². The molecule has 96 valence electrons. The molecule has 0 saturated heterocycles. The molecule has 0 aromatic heterocycles. The van der Waals surface area contributed by atoms with Crippen LogP contribution in [0.3, 0.4) is 0 Å². The Morgan fingerprint density at radius 1 is 1.18 bits per heavy atom. The molecule has 1 aromatic carbocycles. The monoisotopic (exact) mass is 234 g/mol. The first kappa shape index (κ1) is 14.2. The maximum atomic E-state index is 5.93. The van der Waals surface area contributed by atoms with Crippen LogP contribution in [0, 0.1) is 5.92 Å². The molecule has 2 nitrogen and oxygen atoms in total. The van der Waals surface area contributed by atoms with E-state index in [0.29, 0.717) is 12.0 Å². The van der Waals surface area contributed by atoms with Gasteiger partial charge >= 0.3 is 0 Å². The zero-order valence-electron chi connectivity index (χ0n) is 11.4. The van der Waals surface area contributed by atoms with E-state index in [2.05, 4.69) is 56.0 Å². The van der Waals surface area contributed by atoms with Crippen LogP contribution in [0.1, 0.15) is 26.3 Å². The van der Waals surface area contributed by atoms with Gasteiger partial charge in [0.15, 0.2) is 0 Å². The predicted molar refractivity (Wildman–Crippen MR) is 75.1 cm³/mol. The Labute approximate surface area is 106 Å². The lowest BCUT2D eigenvalue weighted by Crippen LogP contribution is -2.43. The lowest BCUT2D eigenvalue weighted by atomic mass is 10.0. The average Bonchev–Trinajstić information content (AvgIpc) is 2.34. The summed E-state index contributed by atoms with van der Waals surface area (Å²) in [6.45, 7) is 9.68. The quantitative estimate of drug-likeness (QED) is 0.785. The molecule has 1 rings (SSSR count). The second-order valence-electron chi connectivity index (χ2n) is 5.06. The van der Waals surface area contributed by atoms with Crippen LogP contribution in [0.15, 0.2) is 30.3 Å². The summed E-state index contributed by atoms with van der Waals surface area (Å²) in [5, 5.41) is 0. The first-order chi connectivity index (χ1) is 8.17. The molecule has 0 amide bonds. The van der Waals surface area contributed by atoms with Crippen LogP contribution >= 0.6 is 0 Å². The Morgan fingerprint density at radius 3 is 2.29 bits per heavy atom. The van der Waals surface area contributed by atoms with Crippen molar-refractivity contribution in [1.29, 1.82) is 0 Å². The van der Waals surface area contributed by atoms with E-state index in [0.717, 1.165) is 26.1 Å². The topological polar surface area (TPSA) is 29.3 Å². The Morgan fingerprint density at radius 2 is 1.82 bits per heavy atom. The highest BCUT2D eigenvalue weighted by atomic mass is 15.2. The maximum absolute atomic E-state index is 5.93. The number of likely N-dealkylation sites (N-methyl/N-ethyl adjacent to an activating group) is 1. The van der Waals surface area contributed by atoms with E-state index in [1.165, 1.54) is 5.56 Å². The highest BCUT2D eigenvalue weighted by Crippen LogP contribution is 2.10. The van der Waals surface area contributed by atoms with Crippen LogP contribution in [-0.2, 0) is 6.42 Å². The third-order valence-electron chi connectivity index (χ3n) is 3.11. The summed E-state index contributed by atoms with van der Waals surface area (Å²) >= 11 is 0. The number of hydrogen-bond acceptors (Lipinski definition) is 2. The van der Waals surface area contributed by atoms with Crippen molar-refractivity contribution in [2.75, 3.05) is 19.6 Å². The van der Waals surface area contributed by atoms with E-state index in [1.807, 2.05) is 0 Å². The van der Waals surface area contributed by atoms with Crippen molar-refractivity contribution in [1.82, 2.24) is 4.90 Å². The minimum atomic E-state index is 0.463. The lowest BCUT2D eigenvalue weighted by molar-refractivity contribution is 0.187. The molecule has 1 unspecified atom stereocenters. The van der Waals surface area contributed by atoms with Crippen molar-refractivity contribution in [3.05, 3.63) is 35.9 Å². The highest BCUT2D eigenvalue weighted by Gasteiger charge is 2.16. The molecular formula is C15H26N2. The summed E-state index contributed by atoms with van der Waals surface area (Å²) in [7, 11) is 0. The number of benzene rings is 1. The minimum absolute atomic E-state index is 0.463. The Hall–Kier alpha value is -0.860. The molecule has 0 spiro atoms. The molecule has 2 heteroatoms. The first-order valence-corrected chi connectivity index (χ1v) is 6.65. The molecule has 0 radical (unpaired) electrons. The van der Waals surface area contributed by atoms with Crippen molar-refractivity contribution in [2.45, 2.75) is 33.2 Å². The Bertz CT molecular complexity index is 295. The van der Waals surface area contributed by atoms with Crippen LogP contribution in [0.25, 0.3) is 0 Å². The normalized spacial score (nSPS) is 13.3. The van der Waals surface area contributed by atoms with E-state index in [9.17, 15) is 0 Å². The fourth-order valence-electron chi connectivity index (χ4n) is 2.25. The van der Waals surface area contributed by atoms with Crippen molar-refractivity contribution >= 4 is 0 Å². The fraction of sp³-hybridized carbons (Fsp3) is 0.600. The molecular weight excluding hydrogens is 208 g/mol. The van der Waals surface area contributed by atoms with E-state index in [-0.39, 0.29) is 0 Å². The third kappa shape index (κ3) is 4.88. The van der Waals surface area contributed by atoms with Gasteiger partial charge in [-0.3, -0.25) is 4.90 Å². The van der Waals surface area contributed by atoms with Gasteiger partial charge in [-0.15, -0.1) is 0 Å². The van der Waals surface area contributed by atoms with Gasteiger partial charge in [0.2, 0.25) is 0 Å². The lowest BCUT2D eigenvalue weighted by Gasteiger charge is -2.31. The summed E-state index contributed by atoms with van der Waals surface area (Å²) in [6, 6.07) is 11.1. The molecule has 0 bridgehead atoms. The molecule has 17 heavy (non-hydrogen) atoms. The molecule has 0 aliphatic rings. The minimum Gasteiger partial charge on any atom is -0.329 e. The van der Waals surface area contributed by atoms with Crippen molar-refractivity contribution < 1.29 is 0 Å². The molecule has 0 fully saturated rings. The predicted octanol–water partition coefficient (Wildman–Crippen LogP) is 2.53. The highest BCUT2D eigenvalue weighted by molar-refractivity contribution is 5.16. The van der Waals surface area contributed by atoms with Gasteiger partial charge in [0, 0.05) is 19.1 Å². The Kier molecular flexibility index (Phi) is 6.23.